The molecule has 29 heavy (non-hydrogen) atoms. The minimum absolute atomic E-state index is 0.0116. The second-order valence-corrected chi connectivity index (χ2v) is 6.96. The number of aromatic amines is 1. The van der Waals surface area contributed by atoms with E-state index in [1.54, 1.807) is 6.07 Å². The van der Waals surface area contributed by atoms with Crippen molar-refractivity contribution in [1.29, 1.82) is 0 Å². The highest BCUT2D eigenvalue weighted by atomic mass is 35.5. The normalized spacial score (nSPS) is 11.4. The van der Waals surface area contributed by atoms with Gasteiger partial charge in [-0.2, -0.15) is 13.2 Å². The zero-order valence-electron chi connectivity index (χ0n) is 14.4. The van der Waals surface area contributed by atoms with E-state index >= 15 is 0 Å². The molecule has 3 heterocycles. The fraction of sp³-hybridized carbons (Fsp3) is 0.188. The van der Waals surface area contributed by atoms with Crippen LogP contribution >= 0.6 is 23.4 Å². The van der Waals surface area contributed by atoms with Crippen molar-refractivity contribution in [1.82, 2.24) is 24.5 Å². The van der Waals surface area contributed by atoms with Crippen molar-refractivity contribution in [3.63, 3.8) is 0 Å². The highest BCUT2D eigenvalue weighted by Gasteiger charge is 2.31. The average molecular weight is 445 g/mol. The molecule has 0 aromatic carbocycles. The van der Waals surface area contributed by atoms with Gasteiger partial charge in [-0.25, -0.2) is 19.7 Å². The van der Waals surface area contributed by atoms with Gasteiger partial charge in [0.2, 0.25) is 0 Å². The first-order valence-corrected chi connectivity index (χ1v) is 9.19. The minimum atomic E-state index is -4.56. The topological polar surface area (TPSA) is 106 Å². The van der Waals surface area contributed by atoms with E-state index in [9.17, 15) is 22.8 Å². The molecule has 0 bridgehead atoms. The second-order valence-electron chi connectivity index (χ2n) is 5.54. The van der Waals surface area contributed by atoms with Crippen LogP contribution in [0.25, 0.3) is 0 Å². The van der Waals surface area contributed by atoms with Gasteiger partial charge in [-0.3, -0.25) is 9.36 Å². The van der Waals surface area contributed by atoms with E-state index in [-0.39, 0.29) is 29.0 Å². The van der Waals surface area contributed by atoms with Gasteiger partial charge >= 0.3 is 11.9 Å². The largest absolute Gasteiger partial charge is 0.417 e. The lowest BCUT2D eigenvalue weighted by Crippen LogP contribution is -2.36. The van der Waals surface area contributed by atoms with Crippen LogP contribution in [0, 0.1) is 0 Å². The summed E-state index contributed by atoms with van der Waals surface area (Å²) in [6.45, 7) is -0.0185. The molecule has 3 aromatic rings. The molecule has 0 saturated heterocycles. The van der Waals surface area contributed by atoms with Crippen LogP contribution in [0.15, 0.2) is 56.6 Å². The minimum Gasteiger partial charge on any atom is -0.367 e. The Hall–Kier alpha value is -2.86. The van der Waals surface area contributed by atoms with Crippen molar-refractivity contribution >= 4 is 29.2 Å². The lowest BCUT2D eigenvalue weighted by atomic mass is 10.3. The molecular formula is C16H12ClF3N6O2S. The van der Waals surface area contributed by atoms with Crippen molar-refractivity contribution in [3.8, 4) is 0 Å². The number of hydrogen-bond donors (Lipinski definition) is 2. The third-order valence-electron chi connectivity index (χ3n) is 3.54. The van der Waals surface area contributed by atoms with Gasteiger partial charge in [0.15, 0.2) is 5.16 Å². The molecule has 13 heteroatoms. The van der Waals surface area contributed by atoms with Crippen molar-refractivity contribution < 1.29 is 13.2 Å². The highest BCUT2D eigenvalue weighted by Crippen LogP contribution is 2.32. The fourth-order valence-corrected chi connectivity index (χ4v) is 3.17. The summed E-state index contributed by atoms with van der Waals surface area (Å²) in [5, 5.41) is 3.12. The van der Waals surface area contributed by atoms with Gasteiger partial charge < -0.3 is 10.3 Å². The molecule has 0 aliphatic rings. The number of hydrogen-bond acceptors (Lipinski definition) is 7. The zero-order chi connectivity index (χ0) is 21.0. The van der Waals surface area contributed by atoms with Crippen LogP contribution in [0.3, 0.4) is 0 Å². The van der Waals surface area contributed by atoms with E-state index in [4.69, 9.17) is 11.6 Å². The second kappa shape index (κ2) is 8.66. The maximum Gasteiger partial charge on any atom is 0.417 e. The summed E-state index contributed by atoms with van der Waals surface area (Å²) in [7, 11) is 0. The van der Waals surface area contributed by atoms with Gasteiger partial charge in [0.25, 0.3) is 5.56 Å². The molecule has 0 aliphatic heterocycles. The molecule has 0 unspecified atom stereocenters. The number of alkyl halides is 3. The third-order valence-corrected chi connectivity index (χ3v) is 4.66. The maximum absolute atomic E-state index is 12.6. The summed E-state index contributed by atoms with van der Waals surface area (Å²) in [6.07, 6.45) is -0.854. The summed E-state index contributed by atoms with van der Waals surface area (Å²) in [6, 6.07) is 3.61. The van der Waals surface area contributed by atoms with Gasteiger partial charge in [-0.1, -0.05) is 11.6 Å². The Labute approximate surface area is 170 Å². The van der Waals surface area contributed by atoms with Gasteiger partial charge in [0.1, 0.15) is 5.82 Å². The molecule has 8 nitrogen and oxygen atoms in total. The van der Waals surface area contributed by atoms with E-state index in [1.165, 1.54) is 18.5 Å². The summed E-state index contributed by atoms with van der Waals surface area (Å²) in [5.41, 5.74) is -2.18. The molecule has 0 radical (unpaired) electrons. The van der Waals surface area contributed by atoms with E-state index in [0.717, 1.165) is 22.4 Å². The number of pyridine rings is 1. The number of anilines is 1. The Bertz CT molecular complexity index is 1090. The standard InChI is InChI=1S/C16H12ClF3N6O2S/c17-10-6-9(16(18,19)20)8-24-13(10)21-4-5-26-12(27)7-11(25-15(26)28)29-14-22-2-1-3-23-14/h1-3,6-8H,4-5H2,(H,21,24)(H,25,28). The van der Waals surface area contributed by atoms with E-state index < -0.39 is 23.0 Å². The molecular weight excluding hydrogens is 433 g/mol. The number of nitrogens with zero attached hydrogens (tertiary/aromatic N) is 4. The van der Waals surface area contributed by atoms with Crippen molar-refractivity contribution in [2.45, 2.75) is 22.9 Å². The smallest absolute Gasteiger partial charge is 0.367 e. The monoisotopic (exact) mass is 444 g/mol. The van der Waals surface area contributed by atoms with Crippen LogP contribution in [0.1, 0.15) is 5.56 Å². The molecule has 2 N–H and O–H groups in total. The van der Waals surface area contributed by atoms with Crippen LogP contribution in [0.2, 0.25) is 5.02 Å². The molecule has 0 fully saturated rings. The number of rotatable bonds is 6. The number of halogens is 4. The molecule has 0 spiro atoms. The van der Waals surface area contributed by atoms with E-state index in [2.05, 4.69) is 25.3 Å². The molecule has 152 valence electrons. The summed E-state index contributed by atoms with van der Waals surface area (Å²) in [5.74, 6) is 0.0116. The quantitative estimate of drug-likeness (QED) is 0.444. The van der Waals surface area contributed by atoms with Gasteiger partial charge in [-0.05, 0) is 23.9 Å². The first-order valence-electron chi connectivity index (χ1n) is 7.99. The van der Waals surface area contributed by atoms with Crippen molar-refractivity contribution in [2.75, 3.05) is 11.9 Å². The molecule has 0 amide bonds. The molecule has 0 atom stereocenters. The van der Waals surface area contributed by atoms with Crippen LogP contribution in [-0.2, 0) is 12.7 Å². The third kappa shape index (κ3) is 5.35. The Balaban J connectivity index is 1.67. The first kappa shape index (κ1) is 20.9. The lowest BCUT2D eigenvalue weighted by Gasteiger charge is -2.11. The van der Waals surface area contributed by atoms with Gasteiger partial charge in [0, 0.05) is 37.7 Å². The predicted molar refractivity (Wildman–Crippen MR) is 100 cm³/mol. The van der Waals surface area contributed by atoms with Crippen LogP contribution in [0.4, 0.5) is 19.0 Å². The van der Waals surface area contributed by atoms with Crippen LogP contribution in [0.5, 0.6) is 0 Å². The SMILES string of the molecule is O=c1cc(Sc2ncccn2)[nH]c(=O)n1CCNc1ncc(C(F)(F)F)cc1Cl. The predicted octanol–water partition coefficient (Wildman–Crippen LogP) is 2.66. The van der Waals surface area contributed by atoms with Gasteiger partial charge in [0.05, 0.1) is 15.6 Å². The maximum atomic E-state index is 12.6. The molecule has 0 saturated carbocycles. The van der Waals surface area contributed by atoms with Crippen LogP contribution in [-0.4, -0.2) is 31.0 Å². The molecule has 3 aromatic heterocycles. The highest BCUT2D eigenvalue weighted by molar-refractivity contribution is 7.99. The molecule has 0 aliphatic carbocycles. The van der Waals surface area contributed by atoms with Crippen LogP contribution < -0.4 is 16.6 Å². The summed E-state index contributed by atoms with van der Waals surface area (Å²) < 4.78 is 38.8. The summed E-state index contributed by atoms with van der Waals surface area (Å²) >= 11 is 6.83. The Kier molecular flexibility index (Phi) is 6.23. The average Bonchev–Trinajstić information content (AvgIpc) is 2.65. The Morgan fingerprint density at radius 3 is 2.52 bits per heavy atom. The van der Waals surface area contributed by atoms with Crippen molar-refractivity contribution in [3.05, 3.63) is 68.2 Å². The Morgan fingerprint density at radius 2 is 1.90 bits per heavy atom. The first-order chi connectivity index (χ1) is 13.7. The zero-order valence-corrected chi connectivity index (χ0v) is 16.0. The Morgan fingerprint density at radius 1 is 1.17 bits per heavy atom. The lowest BCUT2D eigenvalue weighted by molar-refractivity contribution is -0.137. The summed E-state index contributed by atoms with van der Waals surface area (Å²) in [4.78, 5) is 38.5. The fourth-order valence-electron chi connectivity index (χ4n) is 2.21. The molecule has 3 rings (SSSR count). The van der Waals surface area contributed by atoms with E-state index in [0.29, 0.717) is 11.4 Å². The van der Waals surface area contributed by atoms with Gasteiger partial charge in [-0.15, -0.1) is 0 Å². The number of nitrogens with one attached hydrogen (secondary N) is 2. The van der Waals surface area contributed by atoms with Crippen molar-refractivity contribution in [2.24, 2.45) is 0 Å². The number of aromatic nitrogens is 5. The van der Waals surface area contributed by atoms with E-state index in [1.807, 2.05) is 0 Å². The number of H-pyrrole nitrogens is 1.